The molecule has 2 rings (SSSR count). The molecule has 1 aliphatic rings. The monoisotopic (exact) mass is 212 g/mol. The van der Waals surface area contributed by atoms with Crippen LogP contribution in [0.2, 0.25) is 0 Å². The fourth-order valence-electron chi connectivity index (χ4n) is 1.65. The predicted octanol–water partition coefficient (Wildman–Crippen LogP) is 3.11. The quantitative estimate of drug-likeness (QED) is 0.717. The molecule has 0 saturated heterocycles. The number of fused-ring (bicyclic) bond motifs is 1. The van der Waals surface area contributed by atoms with Gasteiger partial charge < -0.3 is 9.47 Å². The van der Waals surface area contributed by atoms with Crippen molar-refractivity contribution in [3.05, 3.63) is 23.3 Å². The van der Waals surface area contributed by atoms with Gasteiger partial charge in [0.2, 0.25) is 6.79 Å². The molecule has 14 heavy (non-hydrogen) atoms. The molecule has 0 bridgehead atoms. The summed E-state index contributed by atoms with van der Waals surface area (Å²) in [6.45, 7) is 2.48. The van der Waals surface area contributed by atoms with Gasteiger partial charge in [-0.2, -0.15) is 0 Å². The van der Waals surface area contributed by atoms with Crippen LogP contribution >= 0.6 is 11.6 Å². The van der Waals surface area contributed by atoms with Crippen molar-refractivity contribution in [2.45, 2.75) is 25.6 Å². The zero-order valence-corrected chi connectivity index (χ0v) is 8.93. The normalized spacial score (nSPS) is 13.3. The van der Waals surface area contributed by atoms with E-state index in [4.69, 9.17) is 21.1 Å². The Hall–Kier alpha value is -0.890. The molecule has 1 aliphatic heterocycles. The van der Waals surface area contributed by atoms with E-state index < -0.39 is 0 Å². The first-order chi connectivity index (χ1) is 6.85. The van der Waals surface area contributed by atoms with Crippen LogP contribution in [-0.2, 0) is 12.3 Å². The van der Waals surface area contributed by atoms with Gasteiger partial charge in [-0.15, -0.1) is 11.6 Å². The van der Waals surface area contributed by atoms with Crippen LogP contribution in [0.1, 0.15) is 24.5 Å². The summed E-state index contributed by atoms with van der Waals surface area (Å²) in [5, 5.41) is 0. The smallest absolute Gasteiger partial charge is 0.231 e. The Kier molecular flexibility index (Phi) is 2.82. The van der Waals surface area contributed by atoms with Crippen molar-refractivity contribution in [2.75, 3.05) is 6.79 Å². The number of aryl methyl sites for hydroxylation is 1. The molecule has 0 N–H and O–H groups in total. The SMILES string of the molecule is CCCc1cc2c(cc1CCl)OCO2. The first-order valence-electron chi connectivity index (χ1n) is 4.82. The Balaban J connectivity index is 2.38. The van der Waals surface area contributed by atoms with E-state index in [0.29, 0.717) is 12.7 Å². The molecule has 3 heteroatoms. The van der Waals surface area contributed by atoms with Crippen molar-refractivity contribution in [1.82, 2.24) is 0 Å². The Morgan fingerprint density at radius 3 is 2.43 bits per heavy atom. The van der Waals surface area contributed by atoms with Crippen LogP contribution in [0, 0.1) is 0 Å². The summed E-state index contributed by atoms with van der Waals surface area (Å²) in [4.78, 5) is 0. The molecule has 1 aromatic rings. The Bertz CT molecular complexity index is 336. The standard InChI is InChI=1S/C11H13ClO2/c1-2-3-8-4-10-11(14-7-13-10)5-9(8)6-12/h4-5H,2-3,6-7H2,1H3. The highest BCUT2D eigenvalue weighted by Gasteiger charge is 2.16. The fourth-order valence-corrected chi connectivity index (χ4v) is 1.90. The molecule has 1 heterocycles. The van der Waals surface area contributed by atoms with Gasteiger partial charge in [-0.25, -0.2) is 0 Å². The molecule has 0 radical (unpaired) electrons. The zero-order valence-electron chi connectivity index (χ0n) is 8.18. The maximum Gasteiger partial charge on any atom is 0.231 e. The van der Waals surface area contributed by atoms with Gasteiger partial charge in [-0.1, -0.05) is 13.3 Å². The molecule has 0 unspecified atom stereocenters. The highest BCUT2D eigenvalue weighted by molar-refractivity contribution is 6.17. The average Bonchev–Trinajstić information content (AvgIpc) is 2.64. The van der Waals surface area contributed by atoms with Gasteiger partial charge in [-0.05, 0) is 29.7 Å². The molecule has 0 amide bonds. The zero-order chi connectivity index (χ0) is 9.97. The predicted molar refractivity (Wildman–Crippen MR) is 56.1 cm³/mol. The largest absolute Gasteiger partial charge is 0.454 e. The number of alkyl halides is 1. The lowest BCUT2D eigenvalue weighted by molar-refractivity contribution is 0.174. The van der Waals surface area contributed by atoms with Gasteiger partial charge in [0.25, 0.3) is 0 Å². The van der Waals surface area contributed by atoms with Crippen LogP contribution in [0.4, 0.5) is 0 Å². The lowest BCUT2D eigenvalue weighted by atomic mass is 10.0. The van der Waals surface area contributed by atoms with E-state index in [0.717, 1.165) is 29.9 Å². The molecule has 1 aromatic carbocycles. The second kappa shape index (κ2) is 4.09. The number of benzene rings is 1. The number of hydrogen-bond acceptors (Lipinski definition) is 2. The summed E-state index contributed by atoms with van der Waals surface area (Å²) < 4.78 is 10.6. The third-order valence-corrected chi connectivity index (χ3v) is 2.65. The second-order valence-electron chi connectivity index (χ2n) is 3.36. The summed E-state index contributed by atoms with van der Waals surface area (Å²) in [6, 6.07) is 4.03. The molecule has 0 aliphatic carbocycles. The minimum Gasteiger partial charge on any atom is -0.454 e. The van der Waals surface area contributed by atoms with Gasteiger partial charge in [0, 0.05) is 5.88 Å². The summed E-state index contributed by atoms with van der Waals surface area (Å²) in [5.74, 6) is 2.20. The summed E-state index contributed by atoms with van der Waals surface area (Å²) in [5.41, 5.74) is 2.42. The van der Waals surface area contributed by atoms with Gasteiger partial charge in [0.1, 0.15) is 0 Å². The number of rotatable bonds is 3. The minimum absolute atomic E-state index is 0.326. The number of ether oxygens (including phenoxy) is 2. The molecule has 76 valence electrons. The molecular formula is C11H13ClO2. The Morgan fingerprint density at radius 2 is 1.86 bits per heavy atom. The first-order valence-corrected chi connectivity index (χ1v) is 5.36. The van der Waals surface area contributed by atoms with Crippen molar-refractivity contribution in [3.8, 4) is 11.5 Å². The molecule has 0 atom stereocenters. The molecule has 0 aromatic heterocycles. The van der Waals surface area contributed by atoms with Gasteiger partial charge in [0.15, 0.2) is 11.5 Å². The fraction of sp³-hybridized carbons (Fsp3) is 0.455. The van der Waals surface area contributed by atoms with E-state index in [1.165, 1.54) is 5.56 Å². The van der Waals surface area contributed by atoms with Crippen LogP contribution in [0.25, 0.3) is 0 Å². The molecule has 0 saturated carbocycles. The summed E-state index contributed by atoms with van der Waals surface area (Å²) in [7, 11) is 0. The lowest BCUT2D eigenvalue weighted by Crippen LogP contribution is -1.92. The number of halogens is 1. The summed E-state index contributed by atoms with van der Waals surface area (Å²) in [6.07, 6.45) is 2.15. The second-order valence-corrected chi connectivity index (χ2v) is 3.63. The van der Waals surface area contributed by atoms with Gasteiger partial charge >= 0.3 is 0 Å². The third kappa shape index (κ3) is 1.67. The minimum atomic E-state index is 0.326. The van der Waals surface area contributed by atoms with Crippen LogP contribution in [-0.4, -0.2) is 6.79 Å². The van der Waals surface area contributed by atoms with Crippen molar-refractivity contribution in [2.24, 2.45) is 0 Å². The van der Waals surface area contributed by atoms with E-state index in [2.05, 4.69) is 6.92 Å². The molecule has 0 fully saturated rings. The first kappa shape index (κ1) is 9.66. The van der Waals surface area contributed by atoms with Crippen LogP contribution in [0.15, 0.2) is 12.1 Å². The van der Waals surface area contributed by atoms with E-state index in [-0.39, 0.29) is 0 Å². The highest BCUT2D eigenvalue weighted by atomic mass is 35.5. The van der Waals surface area contributed by atoms with Crippen LogP contribution < -0.4 is 9.47 Å². The number of hydrogen-bond donors (Lipinski definition) is 0. The maximum absolute atomic E-state index is 5.87. The van der Waals surface area contributed by atoms with Crippen LogP contribution in [0.3, 0.4) is 0 Å². The Morgan fingerprint density at radius 1 is 1.21 bits per heavy atom. The van der Waals surface area contributed by atoms with Crippen molar-refractivity contribution >= 4 is 11.6 Å². The average molecular weight is 213 g/mol. The Labute approximate surface area is 88.8 Å². The van der Waals surface area contributed by atoms with Crippen molar-refractivity contribution in [3.63, 3.8) is 0 Å². The van der Waals surface area contributed by atoms with Gasteiger partial charge in [0.05, 0.1) is 0 Å². The van der Waals surface area contributed by atoms with Crippen molar-refractivity contribution < 1.29 is 9.47 Å². The van der Waals surface area contributed by atoms with Crippen LogP contribution in [0.5, 0.6) is 11.5 Å². The van der Waals surface area contributed by atoms with E-state index in [1.807, 2.05) is 12.1 Å². The van der Waals surface area contributed by atoms with E-state index >= 15 is 0 Å². The van der Waals surface area contributed by atoms with E-state index in [9.17, 15) is 0 Å². The van der Waals surface area contributed by atoms with E-state index in [1.54, 1.807) is 0 Å². The molecular weight excluding hydrogens is 200 g/mol. The maximum atomic E-state index is 5.87. The molecule has 2 nitrogen and oxygen atoms in total. The van der Waals surface area contributed by atoms with Crippen molar-refractivity contribution in [1.29, 1.82) is 0 Å². The highest BCUT2D eigenvalue weighted by Crippen LogP contribution is 2.35. The summed E-state index contributed by atoms with van der Waals surface area (Å²) >= 11 is 5.87. The van der Waals surface area contributed by atoms with Gasteiger partial charge in [-0.3, -0.25) is 0 Å². The third-order valence-electron chi connectivity index (χ3n) is 2.36. The molecule has 0 spiro atoms. The lowest BCUT2D eigenvalue weighted by Gasteiger charge is -2.07. The topological polar surface area (TPSA) is 18.5 Å².